The topological polar surface area (TPSA) is 77.2 Å². The van der Waals surface area contributed by atoms with E-state index in [1.807, 2.05) is 31.3 Å². The molecule has 5 rings (SSSR count). The zero-order chi connectivity index (χ0) is 19.8. The molecule has 0 unspecified atom stereocenters. The molecule has 0 aliphatic carbocycles. The number of anilines is 1. The SMILES string of the molecule is Cc1nccc(N2C[C@H]3C[C@@H](C2)[C@H](CNC(=O)c2ccc[nH]2)N2CCCC[C@@H]32)n1. The van der Waals surface area contributed by atoms with Crippen LogP contribution in [0.25, 0.3) is 0 Å². The Labute approximate surface area is 171 Å². The molecule has 2 aromatic rings. The van der Waals surface area contributed by atoms with Gasteiger partial charge in [-0.1, -0.05) is 6.42 Å². The predicted octanol–water partition coefficient (Wildman–Crippen LogP) is 2.22. The van der Waals surface area contributed by atoms with Gasteiger partial charge in [0.2, 0.25) is 0 Å². The summed E-state index contributed by atoms with van der Waals surface area (Å²) in [7, 11) is 0. The molecular formula is C22H30N6O. The number of fused-ring (bicyclic) bond motifs is 4. The number of nitrogens with zero attached hydrogens (tertiary/aromatic N) is 4. The van der Waals surface area contributed by atoms with Crippen molar-refractivity contribution in [2.24, 2.45) is 11.8 Å². The normalized spacial score (nSPS) is 29.3. The zero-order valence-corrected chi connectivity index (χ0v) is 17.1. The minimum absolute atomic E-state index is 0.00947. The van der Waals surface area contributed by atoms with Gasteiger partial charge in [0.15, 0.2) is 0 Å². The van der Waals surface area contributed by atoms with Gasteiger partial charge in [-0.2, -0.15) is 0 Å². The van der Waals surface area contributed by atoms with Crippen molar-refractivity contribution >= 4 is 11.7 Å². The van der Waals surface area contributed by atoms with Crippen molar-refractivity contribution in [2.45, 2.75) is 44.7 Å². The van der Waals surface area contributed by atoms with Gasteiger partial charge in [-0.25, -0.2) is 9.97 Å². The van der Waals surface area contributed by atoms with E-state index in [1.165, 1.54) is 25.7 Å². The minimum atomic E-state index is -0.00947. The Morgan fingerprint density at radius 2 is 2.17 bits per heavy atom. The number of aryl methyl sites for hydroxylation is 1. The summed E-state index contributed by atoms with van der Waals surface area (Å²) >= 11 is 0. The Bertz CT molecular complexity index is 853. The quantitative estimate of drug-likeness (QED) is 0.832. The molecule has 0 aromatic carbocycles. The molecule has 3 saturated heterocycles. The summed E-state index contributed by atoms with van der Waals surface area (Å²) in [4.78, 5) is 29.7. The lowest BCUT2D eigenvalue weighted by atomic mass is 9.72. The smallest absolute Gasteiger partial charge is 0.267 e. The third-order valence-electron chi connectivity index (χ3n) is 7.02. The molecule has 2 N–H and O–H groups in total. The Balaban J connectivity index is 1.36. The van der Waals surface area contributed by atoms with Crippen LogP contribution in [-0.2, 0) is 0 Å². The fourth-order valence-corrected chi connectivity index (χ4v) is 5.76. The van der Waals surface area contributed by atoms with Crippen molar-refractivity contribution in [3.63, 3.8) is 0 Å². The van der Waals surface area contributed by atoms with Crippen LogP contribution in [0.4, 0.5) is 5.82 Å². The molecule has 0 spiro atoms. The number of carbonyl (C=O) groups is 1. The molecule has 3 fully saturated rings. The van der Waals surface area contributed by atoms with Crippen LogP contribution >= 0.6 is 0 Å². The second-order valence-electron chi connectivity index (χ2n) is 8.79. The highest BCUT2D eigenvalue weighted by atomic mass is 16.1. The molecular weight excluding hydrogens is 364 g/mol. The van der Waals surface area contributed by atoms with E-state index in [0.29, 0.717) is 36.2 Å². The van der Waals surface area contributed by atoms with Gasteiger partial charge in [-0.05, 0) is 62.8 Å². The van der Waals surface area contributed by atoms with Crippen LogP contribution in [0.3, 0.4) is 0 Å². The van der Waals surface area contributed by atoms with Gasteiger partial charge >= 0.3 is 0 Å². The van der Waals surface area contributed by atoms with Gasteiger partial charge in [0.05, 0.1) is 0 Å². The molecule has 154 valence electrons. The van der Waals surface area contributed by atoms with Crippen molar-refractivity contribution in [3.05, 3.63) is 42.1 Å². The van der Waals surface area contributed by atoms with Gasteiger partial charge in [0, 0.05) is 44.1 Å². The molecule has 0 saturated carbocycles. The van der Waals surface area contributed by atoms with E-state index in [-0.39, 0.29) is 5.91 Å². The van der Waals surface area contributed by atoms with Crippen LogP contribution in [0.1, 0.15) is 42.0 Å². The standard InChI is InChI=1S/C22H30N6O/c1-15-23-9-7-21(26-15)27-13-16-11-17(14-27)20(28-10-3-2-6-19(16)28)12-25-22(29)18-5-4-8-24-18/h4-5,7-9,16-17,19-20,24H,2-3,6,10-14H2,1H3,(H,25,29)/t16-,17+,19+,20+/m1/s1. The monoisotopic (exact) mass is 394 g/mol. The Kier molecular flexibility index (Phi) is 4.99. The first kappa shape index (κ1) is 18.6. The number of H-pyrrole nitrogens is 1. The van der Waals surface area contributed by atoms with Gasteiger partial charge in [-0.3, -0.25) is 9.69 Å². The van der Waals surface area contributed by atoms with E-state index in [1.54, 1.807) is 6.20 Å². The van der Waals surface area contributed by atoms with Crippen LogP contribution in [0, 0.1) is 18.8 Å². The first-order valence-electron chi connectivity index (χ1n) is 10.9. The maximum absolute atomic E-state index is 12.5. The number of aromatic nitrogens is 3. The van der Waals surface area contributed by atoms with E-state index < -0.39 is 0 Å². The van der Waals surface area contributed by atoms with Crippen LogP contribution in [0.15, 0.2) is 30.6 Å². The van der Waals surface area contributed by atoms with E-state index in [0.717, 1.165) is 31.3 Å². The lowest BCUT2D eigenvalue weighted by Crippen LogP contribution is -2.65. The summed E-state index contributed by atoms with van der Waals surface area (Å²) in [6.07, 6.45) is 8.77. The highest BCUT2D eigenvalue weighted by Crippen LogP contribution is 2.41. The lowest BCUT2D eigenvalue weighted by molar-refractivity contribution is -0.0308. The number of hydrogen-bond donors (Lipinski definition) is 2. The van der Waals surface area contributed by atoms with Crippen molar-refractivity contribution in [3.8, 4) is 0 Å². The van der Waals surface area contributed by atoms with Gasteiger partial charge in [-0.15, -0.1) is 0 Å². The predicted molar refractivity (Wildman–Crippen MR) is 112 cm³/mol. The molecule has 2 bridgehead atoms. The number of carbonyl (C=O) groups excluding carboxylic acids is 1. The molecule has 7 nitrogen and oxygen atoms in total. The summed E-state index contributed by atoms with van der Waals surface area (Å²) in [6, 6.07) is 6.74. The minimum Gasteiger partial charge on any atom is -0.357 e. The van der Waals surface area contributed by atoms with Gasteiger partial charge in [0.25, 0.3) is 5.91 Å². The van der Waals surface area contributed by atoms with E-state index in [4.69, 9.17) is 0 Å². The Morgan fingerprint density at radius 3 is 3.00 bits per heavy atom. The summed E-state index contributed by atoms with van der Waals surface area (Å²) < 4.78 is 0. The van der Waals surface area contributed by atoms with E-state index in [9.17, 15) is 4.79 Å². The lowest BCUT2D eigenvalue weighted by Gasteiger charge is -2.57. The Morgan fingerprint density at radius 1 is 1.28 bits per heavy atom. The number of nitrogens with one attached hydrogen (secondary N) is 2. The number of aromatic amines is 1. The van der Waals surface area contributed by atoms with Crippen LogP contribution in [0.2, 0.25) is 0 Å². The highest BCUT2D eigenvalue weighted by molar-refractivity contribution is 5.92. The van der Waals surface area contributed by atoms with Crippen molar-refractivity contribution in [2.75, 3.05) is 31.1 Å². The number of amides is 1. The van der Waals surface area contributed by atoms with Crippen molar-refractivity contribution in [1.29, 1.82) is 0 Å². The zero-order valence-electron chi connectivity index (χ0n) is 17.1. The molecule has 2 aromatic heterocycles. The fraction of sp³-hybridized carbons (Fsp3) is 0.591. The largest absolute Gasteiger partial charge is 0.357 e. The molecule has 3 aliphatic rings. The second kappa shape index (κ2) is 7.78. The number of rotatable bonds is 4. The Hall–Kier alpha value is -2.41. The number of piperidine rings is 3. The van der Waals surface area contributed by atoms with Crippen LogP contribution in [0.5, 0.6) is 0 Å². The fourth-order valence-electron chi connectivity index (χ4n) is 5.76. The van der Waals surface area contributed by atoms with E-state index >= 15 is 0 Å². The maximum Gasteiger partial charge on any atom is 0.267 e. The summed E-state index contributed by atoms with van der Waals surface area (Å²) in [5.41, 5.74) is 0.635. The molecule has 4 atom stereocenters. The van der Waals surface area contributed by atoms with Crippen molar-refractivity contribution < 1.29 is 4.79 Å². The van der Waals surface area contributed by atoms with Gasteiger partial charge < -0.3 is 15.2 Å². The van der Waals surface area contributed by atoms with E-state index in [2.05, 4.69) is 30.1 Å². The molecule has 5 heterocycles. The van der Waals surface area contributed by atoms with Crippen molar-refractivity contribution in [1.82, 2.24) is 25.2 Å². The molecule has 7 heteroatoms. The number of hydrogen-bond acceptors (Lipinski definition) is 5. The summed E-state index contributed by atoms with van der Waals surface area (Å²) in [5, 5.41) is 3.20. The molecule has 3 aliphatic heterocycles. The first-order chi connectivity index (χ1) is 14.2. The summed E-state index contributed by atoms with van der Waals surface area (Å²) in [6.45, 7) is 5.90. The third kappa shape index (κ3) is 3.64. The average Bonchev–Trinajstić information content (AvgIpc) is 3.28. The third-order valence-corrected chi connectivity index (χ3v) is 7.02. The first-order valence-corrected chi connectivity index (χ1v) is 10.9. The van der Waals surface area contributed by atoms with Crippen LogP contribution < -0.4 is 10.2 Å². The molecule has 0 radical (unpaired) electrons. The van der Waals surface area contributed by atoms with Crippen LogP contribution in [-0.4, -0.2) is 64.0 Å². The van der Waals surface area contributed by atoms with Gasteiger partial charge in [0.1, 0.15) is 17.3 Å². The molecule has 1 amide bonds. The average molecular weight is 395 g/mol. The second-order valence-corrected chi connectivity index (χ2v) is 8.79. The highest BCUT2D eigenvalue weighted by Gasteiger charge is 2.47. The molecule has 29 heavy (non-hydrogen) atoms. The maximum atomic E-state index is 12.5. The summed E-state index contributed by atoms with van der Waals surface area (Å²) in [5.74, 6) is 3.09.